The van der Waals surface area contributed by atoms with Gasteiger partial charge in [-0.05, 0) is 54.4 Å². The van der Waals surface area contributed by atoms with Gasteiger partial charge in [-0.3, -0.25) is 14.3 Å². The van der Waals surface area contributed by atoms with Crippen LogP contribution in [-0.4, -0.2) is 43.1 Å². The van der Waals surface area contributed by atoms with Crippen LogP contribution in [0, 0.1) is 5.82 Å². The summed E-state index contributed by atoms with van der Waals surface area (Å²) in [6.45, 7) is 4.73. The number of nitrogens with zero attached hydrogens (tertiary/aromatic N) is 3. The normalized spacial score (nSPS) is 15.8. The number of halogens is 1. The van der Waals surface area contributed by atoms with E-state index < -0.39 is 12.0 Å². The molecule has 0 radical (unpaired) electrons. The summed E-state index contributed by atoms with van der Waals surface area (Å²) in [6.07, 6.45) is 1.03. The fourth-order valence-corrected chi connectivity index (χ4v) is 4.81. The van der Waals surface area contributed by atoms with Crippen LogP contribution in [-0.2, 0) is 13.1 Å². The molecule has 0 saturated carbocycles. The number of carbonyl (C=O) groups is 2. The summed E-state index contributed by atoms with van der Waals surface area (Å²) < 4.78 is 15.2. The second-order valence-corrected chi connectivity index (χ2v) is 9.42. The molecule has 1 aliphatic rings. The van der Waals surface area contributed by atoms with Gasteiger partial charge in [0.15, 0.2) is 5.69 Å². The summed E-state index contributed by atoms with van der Waals surface area (Å²) >= 11 is 0. The van der Waals surface area contributed by atoms with E-state index in [0.717, 1.165) is 11.3 Å². The van der Waals surface area contributed by atoms with Crippen molar-refractivity contribution in [3.8, 4) is 0 Å². The number of H-pyrrole nitrogens is 1. The first kappa shape index (κ1) is 24.5. The average molecular weight is 502 g/mol. The van der Waals surface area contributed by atoms with Crippen molar-refractivity contribution in [1.29, 1.82) is 0 Å². The Balaban J connectivity index is 1.51. The molecule has 2 atom stereocenters. The van der Waals surface area contributed by atoms with Crippen molar-refractivity contribution in [3.63, 3.8) is 0 Å². The van der Waals surface area contributed by atoms with Gasteiger partial charge in [-0.1, -0.05) is 31.2 Å². The van der Waals surface area contributed by atoms with Crippen molar-refractivity contribution < 1.29 is 19.1 Å². The highest BCUT2D eigenvalue weighted by Crippen LogP contribution is 2.32. The minimum atomic E-state index is -0.673. The minimum Gasteiger partial charge on any atom is -0.389 e. The van der Waals surface area contributed by atoms with Crippen LogP contribution in [0.5, 0.6) is 0 Å². The van der Waals surface area contributed by atoms with E-state index in [4.69, 9.17) is 0 Å². The summed E-state index contributed by atoms with van der Waals surface area (Å²) in [5.74, 6) is -0.962. The maximum Gasteiger partial charge on any atom is 0.276 e. The molecule has 0 fully saturated rings. The minimum absolute atomic E-state index is 0.0873. The van der Waals surface area contributed by atoms with E-state index in [2.05, 4.69) is 15.4 Å². The number of aromatic nitrogens is 3. The topological polar surface area (TPSA) is 103 Å². The molecule has 8 nitrogen and oxygen atoms in total. The van der Waals surface area contributed by atoms with Crippen LogP contribution in [0.25, 0.3) is 0 Å². The Morgan fingerprint density at radius 3 is 2.68 bits per heavy atom. The first-order chi connectivity index (χ1) is 17.8. The van der Waals surface area contributed by atoms with Gasteiger partial charge in [-0.2, -0.15) is 5.10 Å². The number of hydrogen-bond acceptors (Lipinski definition) is 4. The van der Waals surface area contributed by atoms with Gasteiger partial charge in [0.05, 0.1) is 19.2 Å². The molecule has 2 aromatic carbocycles. The number of hydrogen-bond donors (Lipinski definition) is 3. The molecule has 5 rings (SSSR count). The summed E-state index contributed by atoms with van der Waals surface area (Å²) in [4.78, 5) is 31.3. The van der Waals surface area contributed by atoms with Gasteiger partial charge >= 0.3 is 0 Å². The van der Waals surface area contributed by atoms with Crippen LogP contribution in [0.4, 0.5) is 10.1 Å². The molecule has 3 N–H and O–H groups in total. The maximum absolute atomic E-state index is 13.5. The van der Waals surface area contributed by atoms with E-state index in [9.17, 15) is 19.1 Å². The number of amides is 2. The maximum atomic E-state index is 13.5. The molecule has 4 aromatic rings. The van der Waals surface area contributed by atoms with Gasteiger partial charge < -0.3 is 20.3 Å². The number of nitrogens with one attached hydrogen (secondary N) is 2. The second-order valence-electron chi connectivity index (χ2n) is 9.42. The predicted molar refractivity (Wildman–Crippen MR) is 137 cm³/mol. The summed E-state index contributed by atoms with van der Waals surface area (Å²) in [7, 11) is 0. The molecule has 0 spiro atoms. The van der Waals surface area contributed by atoms with Crippen molar-refractivity contribution in [1.82, 2.24) is 19.7 Å². The van der Waals surface area contributed by atoms with Crippen LogP contribution in [0.15, 0.2) is 66.9 Å². The summed E-state index contributed by atoms with van der Waals surface area (Å²) in [5, 5.41) is 17.5. The number of fused-ring (bicyclic) bond motifs is 1. The first-order valence-corrected chi connectivity index (χ1v) is 12.2. The third-order valence-electron chi connectivity index (χ3n) is 6.61. The van der Waals surface area contributed by atoms with Crippen LogP contribution in [0.3, 0.4) is 0 Å². The highest BCUT2D eigenvalue weighted by Gasteiger charge is 2.34. The SMILES string of the molecule is CC(O)c1cccc(NC(=O)c2nn(Cc3ccc(F)cc3)c3c2CN(C(=O)c2ccc[nH]2)CC3C)c1. The summed E-state index contributed by atoms with van der Waals surface area (Å²) in [5.41, 5.74) is 4.34. The number of rotatable bonds is 6. The lowest BCUT2D eigenvalue weighted by Gasteiger charge is -2.32. The van der Waals surface area contributed by atoms with Gasteiger partial charge in [0.25, 0.3) is 11.8 Å². The summed E-state index contributed by atoms with van der Waals surface area (Å²) in [6, 6.07) is 16.7. The van der Waals surface area contributed by atoms with Gasteiger partial charge in [0.1, 0.15) is 11.5 Å². The first-order valence-electron chi connectivity index (χ1n) is 12.2. The molecule has 1 aliphatic heterocycles. The molecule has 2 unspecified atom stereocenters. The fourth-order valence-electron chi connectivity index (χ4n) is 4.81. The molecule has 0 bridgehead atoms. The Bertz CT molecular complexity index is 1430. The van der Waals surface area contributed by atoms with Gasteiger partial charge in [0.2, 0.25) is 0 Å². The van der Waals surface area contributed by atoms with E-state index in [0.29, 0.717) is 35.6 Å². The average Bonchev–Trinajstić information content (AvgIpc) is 3.54. The molecular formula is C28H28FN5O3. The third-order valence-corrected chi connectivity index (χ3v) is 6.61. The standard InChI is InChI=1S/C28H28FN5O3/c1-17-14-33(28(37)24-7-4-12-30-24)16-23-25(27(36)31-22-6-3-5-20(13-22)18(2)35)32-34(26(17)23)15-19-8-10-21(29)11-9-19/h3-13,17-18,30,35H,14-16H2,1-2H3,(H,31,36). The third kappa shape index (κ3) is 5.03. The van der Waals surface area contributed by atoms with E-state index in [1.54, 1.807) is 71.2 Å². The number of carbonyl (C=O) groups excluding carboxylic acids is 2. The predicted octanol–water partition coefficient (Wildman–Crippen LogP) is 4.46. The smallest absolute Gasteiger partial charge is 0.276 e. The van der Waals surface area contributed by atoms with Crippen molar-refractivity contribution in [2.75, 3.05) is 11.9 Å². The van der Waals surface area contributed by atoms with E-state index in [-0.39, 0.29) is 29.9 Å². The number of benzene rings is 2. The van der Waals surface area contributed by atoms with Gasteiger partial charge in [-0.25, -0.2) is 4.39 Å². The van der Waals surface area contributed by atoms with E-state index in [1.807, 2.05) is 6.92 Å². The number of aromatic amines is 1. The Morgan fingerprint density at radius 2 is 1.97 bits per heavy atom. The molecule has 2 aromatic heterocycles. The van der Waals surface area contributed by atoms with E-state index >= 15 is 0 Å². The van der Waals surface area contributed by atoms with Crippen molar-refractivity contribution >= 4 is 17.5 Å². The van der Waals surface area contributed by atoms with Gasteiger partial charge in [0, 0.05) is 35.6 Å². The molecular weight excluding hydrogens is 473 g/mol. The largest absolute Gasteiger partial charge is 0.389 e. The molecule has 9 heteroatoms. The molecule has 190 valence electrons. The van der Waals surface area contributed by atoms with Crippen molar-refractivity contribution in [2.24, 2.45) is 0 Å². The molecule has 0 saturated heterocycles. The number of anilines is 1. The Labute approximate surface area is 213 Å². The zero-order valence-electron chi connectivity index (χ0n) is 20.6. The van der Waals surface area contributed by atoms with Crippen LogP contribution in [0.1, 0.15) is 69.2 Å². The molecule has 2 amide bonds. The van der Waals surface area contributed by atoms with Crippen LogP contribution < -0.4 is 5.32 Å². The lowest BCUT2D eigenvalue weighted by atomic mass is 9.95. The van der Waals surface area contributed by atoms with Crippen molar-refractivity contribution in [3.05, 3.63) is 106 Å². The van der Waals surface area contributed by atoms with E-state index in [1.165, 1.54) is 12.1 Å². The monoisotopic (exact) mass is 501 g/mol. The lowest BCUT2D eigenvalue weighted by molar-refractivity contribution is 0.0711. The molecule has 3 heterocycles. The highest BCUT2D eigenvalue weighted by atomic mass is 19.1. The number of aliphatic hydroxyl groups excluding tert-OH is 1. The van der Waals surface area contributed by atoms with Crippen LogP contribution >= 0.6 is 0 Å². The second kappa shape index (κ2) is 10.0. The Morgan fingerprint density at radius 1 is 1.19 bits per heavy atom. The Hall–Kier alpha value is -4.24. The molecule has 0 aliphatic carbocycles. The number of aliphatic hydroxyl groups is 1. The highest BCUT2D eigenvalue weighted by molar-refractivity contribution is 6.04. The lowest BCUT2D eigenvalue weighted by Crippen LogP contribution is -2.38. The zero-order chi connectivity index (χ0) is 26.1. The molecule has 37 heavy (non-hydrogen) atoms. The Kier molecular flexibility index (Phi) is 6.62. The van der Waals surface area contributed by atoms with Crippen molar-refractivity contribution in [2.45, 2.75) is 39.0 Å². The quantitative estimate of drug-likeness (QED) is 0.363. The fraction of sp³-hybridized carbons (Fsp3) is 0.250. The zero-order valence-corrected chi connectivity index (χ0v) is 20.6. The van der Waals surface area contributed by atoms with Crippen LogP contribution in [0.2, 0.25) is 0 Å². The van der Waals surface area contributed by atoms with Gasteiger partial charge in [-0.15, -0.1) is 0 Å².